The Bertz CT molecular complexity index is 1120. The fraction of sp³-hybridized carbons (Fsp3) is 0.208. The van der Waals surface area contributed by atoms with Crippen molar-refractivity contribution < 1.29 is 13.2 Å². The Labute approximate surface area is 177 Å². The molecule has 0 saturated carbocycles. The van der Waals surface area contributed by atoms with Gasteiger partial charge in [-0.25, -0.2) is 8.42 Å². The third-order valence-electron chi connectivity index (χ3n) is 5.37. The Morgan fingerprint density at radius 2 is 1.47 bits per heavy atom. The van der Waals surface area contributed by atoms with Crippen LogP contribution in [0.15, 0.2) is 89.8 Å². The number of nitrogens with zero attached hydrogens (tertiary/aromatic N) is 1. The molecular formula is C24H24N2O3S. The lowest BCUT2D eigenvalue weighted by Crippen LogP contribution is -2.50. The van der Waals surface area contributed by atoms with Gasteiger partial charge in [0.05, 0.1) is 4.90 Å². The van der Waals surface area contributed by atoms with E-state index in [0.717, 1.165) is 17.5 Å². The molecule has 1 atom stereocenters. The normalized spacial score (nSPS) is 14.7. The first-order valence-electron chi connectivity index (χ1n) is 10.00. The minimum atomic E-state index is -3.82. The number of hydrogen-bond acceptors (Lipinski definition) is 3. The molecule has 154 valence electrons. The Morgan fingerprint density at radius 1 is 0.867 bits per heavy atom. The molecule has 4 rings (SSSR count). The van der Waals surface area contributed by atoms with Crippen LogP contribution in [0.1, 0.15) is 16.7 Å². The summed E-state index contributed by atoms with van der Waals surface area (Å²) in [5.41, 5.74) is 3.26. The molecule has 0 fully saturated rings. The van der Waals surface area contributed by atoms with Gasteiger partial charge in [-0.1, -0.05) is 72.8 Å². The quantitative estimate of drug-likeness (QED) is 0.666. The Balaban J connectivity index is 1.59. The predicted molar refractivity (Wildman–Crippen MR) is 116 cm³/mol. The van der Waals surface area contributed by atoms with Crippen molar-refractivity contribution >= 4 is 15.9 Å². The number of sulfonamides is 1. The van der Waals surface area contributed by atoms with Crippen LogP contribution in [-0.4, -0.2) is 31.8 Å². The van der Waals surface area contributed by atoms with Crippen molar-refractivity contribution in [2.24, 2.45) is 0 Å². The highest BCUT2D eigenvalue weighted by Crippen LogP contribution is 2.20. The van der Waals surface area contributed by atoms with Crippen molar-refractivity contribution in [1.29, 1.82) is 0 Å². The molecule has 0 spiro atoms. The van der Waals surface area contributed by atoms with Gasteiger partial charge in [0.1, 0.15) is 6.04 Å². The van der Waals surface area contributed by atoms with E-state index in [0.29, 0.717) is 19.5 Å². The molecule has 0 saturated heterocycles. The molecule has 30 heavy (non-hydrogen) atoms. The number of nitrogens with one attached hydrogen (secondary N) is 1. The molecule has 0 aromatic heterocycles. The van der Waals surface area contributed by atoms with Crippen LogP contribution in [0.5, 0.6) is 0 Å². The summed E-state index contributed by atoms with van der Waals surface area (Å²) in [5.74, 6) is -0.201. The monoisotopic (exact) mass is 420 g/mol. The summed E-state index contributed by atoms with van der Waals surface area (Å²) in [6.07, 6.45) is 1.06. The molecule has 1 aliphatic heterocycles. The average Bonchev–Trinajstić information content (AvgIpc) is 2.79. The molecule has 0 aliphatic carbocycles. The number of carbonyl (C=O) groups is 1. The molecular weight excluding hydrogens is 396 g/mol. The summed E-state index contributed by atoms with van der Waals surface area (Å²) in [6, 6.07) is 24.8. The zero-order valence-corrected chi connectivity index (χ0v) is 17.4. The van der Waals surface area contributed by atoms with E-state index in [-0.39, 0.29) is 10.8 Å². The molecule has 6 heteroatoms. The van der Waals surface area contributed by atoms with Crippen LogP contribution in [0.3, 0.4) is 0 Å². The second kappa shape index (κ2) is 8.81. The third-order valence-corrected chi connectivity index (χ3v) is 6.86. The summed E-state index contributed by atoms with van der Waals surface area (Å²) in [5, 5.41) is 0. The van der Waals surface area contributed by atoms with E-state index in [4.69, 9.17) is 0 Å². The van der Waals surface area contributed by atoms with Gasteiger partial charge >= 0.3 is 0 Å². The number of rotatable bonds is 6. The minimum absolute atomic E-state index is 0.153. The van der Waals surface area contributed by atoms with Crippen LogP contribution in [0.2, 0.25) is 0 Å². The first kappa shape index (κ1) is 20.3. The molecule has 5 nitrogen and oxygen atoms in total. The zero-order valence-electron chi connectivity index (χ0n) is 16.6. The number of benzene rings is 3. The summed E-state index contributed by atoms with van der Waals surface area (Å²) >= 11 is 0. The van der Waals surface area contributed by atoms with Gasteiger partial charge in [-0.2, -0.15) is 4.72 Å². The maximum atomic E-state index is 13.4. The SMILES string of the molecule is O=C(C(Cc1ccccc1)NS(=O)(=O)c1ccccc1)N1CCc2ccccc2C1. The zero-order chi connectivity index (χ0) is 21.0. The second-order valence-corrected chi connectivity index (χ2v) is 9.17. The highest BCUT2D eigenvalue weighted by molar-refractivity contribution is 7.89. The lowest BCUT2D eigenvalue weighted by atomic mass is 9.98. The topological polar surface area (TPSA) is 66.5 Å². The smallest absolute Gasteiger partial charge is 0.241 e. The number of carbonyl (C=O) groups excluding carboxylic acids is 1. The maximum absolute atomic E-state index is 13.4. The van der Waals surface area contributed by atoms with E-state index in [1.165, 1.54) is 17.7 Å². The van der Waals surface area contributed by atoms with E-state index in [1.807, 2.05) is 48.5 Å². The molecule has 1 amide bonds. The van der Waals surface area contributed by atoms with Crippen molar-refractivity contribution in [2.45, 2.75) is 30.3 Å². The minimum Gasteiger partial charge on any atom is -0.337 e. The van der Waals surface area contributed by atoms with E-state index in [1.54, 1.807) is 23.1 Å². The van der Waals surface area contributed by atoms with Gasteiger partial charge in [0.25, 0.3) is 0 Å². The van der Waals surface area contributed by atoms with Crippen LogP contribution < -0.4 is 4.72 Å². The standard InChI is InChI=1S/C24H24N2O3S/c27-24(26-16-15-20-11-7-8-12-21(20)18-26)23(17-19-9-3-1-4-10-19)25-30(28,29)22-13-5-2-6-14-22/h1-14,23,25H,15-18H2. The van der Waals surface area contributed by atoms with Gasteiger partial charge in [-0.05, 0) is 41.7 Å². The van der Waals surface area contributed by atoms with Gasteiger partial charge in [0.2, 0.25) is 15.9 Å². The van der Waals surface area contributed by atoms with Crippen LogP contribution in [0, 0.1) is 0 Å². The summed E-state index contributed by atoms with van der Waals surface area (Å²) in [7, 11) is -3.82. The van der Waals surface area contributed by atoms with Gasteiger partial charge in [-0.15, -0.1) is 0 Å². The van der Waals surface area contributed by atoms with Crippen LogP contribution in [0.25, 0.3) is 0 Å². The first-order valence-corrected chi connectivity index (χ1v) is 11.5. The average molecular weight is 421 g/mol. The lowest BCUT2D eigenvalue weighted by Gasteiger charge is -2.32. The number of fused-ring (bicyclic) bond motifs is 1. The Hall–Kier alpha value is -2.96. The van der Waals surface area contributed by atoms with Crippen LogP contribution in [0.4, 0.5) is 0 Å². The predicted octanol–water partition coefficient (Wildman–Crippen LogP) is 3.16. The molecule has 3 aromatic rings. The second-order valence-electron chi connectivity index (χ2n) is 7.46. The van der Waals surface area contributed by atoms with Gasteiger partial charge in [0.15, 0.2) is 0 Å². The van der Waals surface area contributed by atoms with Gasteiger partial charge in [0, 0.05) is 13.1 Å². The Morgan fingerprint density at radius 3 is 2.17 bits per heavy atom. The fourth-order valence-corrected chi connectivity index (χ4v) is 5.00. The highest BCUT2D eigenvalue weighted by atomic mass is 32.2. The number of amides is 1. The lowest BCUT2D eigenvalue weighted by molar-refractivity contribution is -0.133. The first-order chi connectivity index (χ1) is 14.5. The van der Waals surface area contributed by atoms with E-state index < -0.39 is 16.1 Å². The van der Waals surface area contributed by atoms with E-state index in [9.17, 15) is 13.2 Å². The van der Waals surface area contributed by atoms with E-state index in [2.05, 4.69) is 10.8 Å². The fourth-order valence-electron chi connectivity index (χ4n) is 3.79. The molecule has 1 aliphatic rings. The molecule has 0 bridgehead atoms. The summed E-state index contributed by atoms with van der Waals surface area (Å²) in [4.78, 5) is 15.3. The summed E-state index contributed by atoms with van der Waals surface area (Å²) in [6.45, 7) is 1.07. The molecule has 1 heterocycles. The summed E-state index contributed by atoms with van der Waals surface area (Å²) < 4.78 is 28.5. The van der Waals surface area contributed by atoms with Crippen LogP contribution in [-0.2, 0) is 34.2 Å². The molecule has 1 unspecified atom stereocenters. The van der Waals surface area contributed by atoms with Crippen molar-refractivity contribution in [2.75, 3.05) is 6.54 Å². The largest absolute Gasteiger partial charge is 0.337 e. The van der Waals surface area contributed by atoms with Crippen molar-refractivity contribution in [3.05, 3.63) is 102 Å². The molecule has 0 radical (unpaired) electrons. The van der Waals surface area contributed by atoms with Crippen molar-refractivity contribution in [3.63, 3.8) is 0 Å². The van der Waals surface area contributed by atoms with E-state index >= 15 is 0 Å². The maximum Gasteiger partial charge on any atom is 0.241 e. The van der Waals surface area contributed by atoms with Gasteiger partial charge < -0.3 is 4.90 Å². The number of hydrogen-bond donors (Lipinski definition) is 1. The third kappa shape index (κ3) is 4.61. The highest BCUT2D eigenvalue weighted by Gasteiger charge is 2.31. The van der Waals surface area contributed by atoms with Crippen molar-refractivity contribution in [3.8, 4) is 0 Å². The molecule has 3 aromatic carbocycles. The van der Waals surface area contributed by atoms with Gasteiger partial charge in [-0.3, -0.25) is 4.79 Å². The Kier molecular flexibility index (Phi) is 5.97. The van der Waals surface area contributed by atoms with Crippen molar-refractivity contribution in [1.82, 2.24) is 9.62 Å². The van der Waals surface area contributed by atoms with Crippen LogP contribution >= 0.6 is 0 Å². The molecule has 1 N–H and O–H groups in total.